The zero-order valence-corrected chi connectivity index (χ0v) is 19.6. The maximum absolute atomic E-state index is 12.9. The predicted molar refractivity (Wildman–Crippen MR) is 132 cm³/mol. The Hall–Kier alpha value is -4.01. The molecule has 3 heterocycles. The molecule has 2 aliphatic heterocycles. The maximum Gasteiger partial charge on any atom is 0.257 e. The van der Waals surface area contributed by atoms with Gasteiger partial charge in [0.25, 0.3) is 5.56 Å². The SMILES string of the molecule is COc1ccc(N2CCN(C3=N[C@H](c4ccccc4OC)n4c(nc(C)cc4=O)N3)CC2)cc1. The fourth-order valence-corrected chi connectivity index (χ4v) is 4.45. The number of aryl methyl sites for hydroxylation is 1. The van der Waals surface area contributed by atoms with Crippen molar-refractivity contribution in [2.75, 3.05) is 50.6 Å². The van der Waals surface area contributed by atoms with Gasteiger partial charge in [0.1, 0.15) is 11.5 Å². The van der Waals surface area contributed by atoms with Crippen LogP contribution in [0.1, 0.15) is 17.4 Å². The number of guanidine groups is 1. The van der Waals surface area contributed by atoms with Gasteiger partial charge in [0.15, 0.2) is 6.17 Å². The third kappa shape index (κ3) is 4.05. The van der Waals surface area contributed by atoms with E-state index in [0.717, 1.165) is 37.5 Å². The second-order valence-corrected chi connectivity index (χ2v) is 8.29. The Bertz CT molecular complexity index is 1260. The molecule has 2 aromatic carbocycles. The van der Waals surface area contributed by atoms with Crippen LogP contribution >= 0.6 is 0 Å². The average Bonchev–Trinajstić information content (AvgIpc) is 2.88. The van der Waals surface area contributed by atoms with Crippen LogP contribution in [0.15, 0.2) is 64.4 Å². The molecule has 0 bridgehead atoms. The first-order chi connectivity index (χ1) is 16.6. The highest BCUT2D eigenvalue weighted by Crippen LogP contribution is 2.32. The highest BCUT2D eigenvalue weighted by molar-refractivity contribution is 5.93. The monoisotopic (exact) mass is 460 g/mol. The lowest BCUT2D eigenvalue weighted by molar-refractivity contribution is 0.373. The highest BCUT2D eigenvalue weighted by Gasteiger charge is 2.30. The molecule has 1 fully saturated rings. The first-order valence-electron chi connectivity index (χ1n) is 11.3. The standard InChI is InChI=1S/C25H28N6O3/c1-17-16-22(32)31-23(20-6-4-5-7-21(20)34-3)27-24(28-25(31)26-17)30-14-12-29(13-15-30)18-8-10-19(33-2)11-9-18/h4-11,16,23H,12-15H2,1-3H3,(H,26,27,28)/t23-/m0/s1. The molecule has 3 aromatic rings. The number of anilines is 2. The molecule has 0 aliphatic carbocycles. The molecule has 0 spiro atoms. The van der Waals surface area contributed by atoms with Gasteiger partial charge >= 0.3 is 0 Å². The average molecular weight is 461 g/mol. The first kappa shape index (κ1) is 21.8. The zero-order chi connectivity index (χ0) is 23.7. The fraction of sp³-hybridized carbons (Fsp3) is 0.320. The van der Waals surface area contributed by atoms with Crippen molar-refractivity contribution >= 4 is 17.6 Å². The minimum absolute atomic E-state index is 0.155. The van der Waals surface area contributed by atoms with Crippen molar-refractivity contribution in [2.24, 2.45) is 4.99 Å². The summed E-state index contributed by atoms with van der Waals surface area (Å²) in [5, 5.41) is 3.31. The van der Waals surface area contributed by atoms with Crippen LogP contribution in [0.5, 0.6) is 11.5 Å². The number of para-hydroxylation sites is 1. The molecule has 0 unspecified atom stereocenters. The van der Waals surface area contributed by atoms with Gasteiger partial charge in [0.2, 0.25) is 11.9 Å². The zero-order valence-electron chi connectivity index (χ0n) is 19.6. The smallest absolute Gasteiger partial charge is 0.257 e. The lowest BCUT2D eigenvalue weighted by atomic mass is 10.1. The number of nitrogens with one attached hydrogen (secondary N) is 1. The van der Waals surface area contributed by atoms with Gasteiger partial charge in [-0.2, -0.15) is 0 Å². The summed E-state index contributed by atoms with van der Waals surface area (Å²) in [7, 11) is 3.30. The van der Waals surface area contributed by atoms with E-state index in [2.05, 4.69) is 32.2 Å². The van der Waals surface area contributed by atoms with E-state index in [-0.39, 0.29) is 5.56 Å². The predicted octanol–water partition coefficient (Wildman–Crippen LogP) is 2.72. The minimum Gasteiger partial charge on any atom is -0.497 e. The largest absolute Gasteiger partial charge is 0.497 e. The summed E-state index contributed by atoms with van der Waals surface area (Å²) in [5.41, 5.74) is 2.49. The van der Waals surface area contributed by atoms with E-state index in [4.69, 9.17) is 14.5 Å². The van der Waals surface area contributed by atoms with Gasteiger partial charge in [0, 0.05) is 49.2 Å². The molecule has 1 N–H and O–H groups in total. The van der Waals surface area contributed by atoms with Crippen LogP contribution in [0.2, 0.25) is 0 Å². The Balaban J connectivity index is 1.44. The molecular formula is C25H28N6O3. The Kier molecular flexibility index (Phi) is 5.83. The van der Waals surface area contributed by atoms with Crippen molar-refractivity contribution in [3.63, 3.8) is 0 Å². The number of hydrogen-bond acceptors (Lipinski definition) is 8. The Morgan fingerprint density at radius 2 is 1.65 bits per heavy atom. The molecule has 0 saturated carbocycles. The summed E-state index contributed by atoms with van der Waals surface area (Å²) < 4.78 is 12.4. The number of methoxy groups -OCH3 is 2. The van der Waals surface area contributed by atoms with Crippen molar-refractivity contribution in [1.29, 1.82) is 0 Å². The van der Waals surface area contributed by atoms with Crippen LogP contribution < -0.4 is 25.2 Å². The van der Waals surface area contributed by atoms with Gasteiger partial charge in [-0.05, 0) is 37.3 Å². The van der Waals surface area contributed by atoms with Crippen molar-refractivity contribution < 1.29 is 9.47 Å². The van der Waals surface area contributed by atoms with E-state index in [1.54, 1.807) is 18.8 Å². The summed E-state index contributed by atoms with van der Waals surface area (Å²) in [4.78, 5) is 27.1. The molecule has 5 rings (SSSR count). The molecule has 1 aromatic heterocycles. The van der Waals surface area contributed by atoms with Crippen LogP contribution in [0.3, 0.4) is 0 Å². The van der Waals surface area contributed by atoms with E-state index in [9.17, 15) is 4.79 Å². The number of fused-ring (bicyclic) bond motifs is 1. The number of rotatable bonds is 4. The molecule has 1 saturated heterocycles. The third-order valence-electron chi connectivity index (χ3n) is 6.23. The summed E-state index contributed by atoms with van der Waals surface area (Å²) >= 11 is 0. The van der Waals surface area contributed by atoms with Gasteiger partial charge in [-0.15, -0.1) is 0 Å². The number of aliphatic imine (C=N–C) groups is 1. The Morgan fingerprint density at radius 1 is 0.941 bits per heavy atom. The van der Waals surface area contributed by atoms with Gasteiger partial charge < -0.3 is 19.3 Å². The maximum atomic E-state index is 12.9. The third-order valence-corrected chi connectivity index (χ3v) is 6.23. The van der Waals surface area contributed by atoms with E-state index < -0.39 is 6.17 Å². The minimum atomic E-state index is -0.567. The van der Waals surface area contributed by atoms with Gasteiger partial charge in [-0.3, -0.25) is 14.7 Å². The van der Waals surface area contributed by atoms with Crippen molar-refractivity contribution in [3.8, 4) is 11.5 Å². The number of ether oxygens (including phenoxy) is 2. The number of hydrogen-bond donors (Lipinski definition) is 1. The van der Waals surface area contributed by atoms with Gasteiger partial charge in [0.05, 0.1) is 14.2 Å². The Labute approximate surface area is 198 Å². The lowest BCUT2D eigenvalue weighted by Crippen LogP contribution is -2.52. The number of nitrogens with zero attached hydrogens (tertiary/aromatic N) is 5. The van der Waals surface area contributed by atoms with E-state index >= 15 is 0 Å². The molecule has 176 valence electrons. The van der Waals surface area contributed by atoms with Crippen LogP contribution in [-0.2, 0) is 0 Å². The van der Waals surface area contributed by atoms with Crippen molar-refractivity contribution in [3.05, 3.63) is 76.2 Å². The highest BCUT2D eigenvalue weighted by atomic mass is 16.5. The quantitative estimate of drug-likeness (QED) is 0.641. The van der Waals surface area contributed by atoms with Crippen LogP contribution in [-0.4, -0.2) is 60.8 Å². The lowest BCUT2D eigenvalue weighted by Gasteiger charge is -2.39. The van der Waals surface area contributed by atoms with Crippen LogP contribution in [0, 0.1) is 6.92 Å². The number of benzene rings is 2. The van der Waals surface area contributed by atoms with Crippen LogP contribution in [0.25, 0.3) is 0 Å². The summed E-state index contributed by atoms with van der Waals surface area (Å²) in [6.45, 7) is 5.08. The Morgan fingerprint density at radius 3 is 2.35 bits per heavy atom. The van der Waals surface area contributed by atoms with E-state index in [1.165, 1.54) is 11.8 Å². The van der Waals surface area contributed by atoms with Crippen LogP contribution in [0.4, 0.5) is 11.6 Å². The molecule has 1 atom stereocenters. The summed E-state index contributed by atoms with van der Waals surface area (Å²) in [5.74, 6) is 2.73. The van der Waals surface area contributed by atoms with Crippen molar-refractivity contribution in [1.82, 2.24) is 14.5 Å². The van der Waals surface area contributed by atoms with E-state index in [0.29, 0.717) is 23.4 Å². The molecule has 0 amide bonds. The molecule has 0 radical (unpaired) electrons. The first-order valence-corrected chi connectivity index (χ1v) is 11.3. The number of aromatic nitrogens is 2. The molecular weight excluding hydrogens is 432 g/mol. The van der Waals surface area contributed by atoms with Gasteiger partial charge in [-0.1, -0.05) is 18.2 Å². The normalized spacial score (nSPS) is 17.5. The fourth-order valence-electron chi connectivity index (χ4n) is 4.45. The second kappa shape index (κ2) is 9.09. The molecule has 34 heavy (non-hydrogen) atoms. The van der Waals surface area contributed by atoms with Crippen molar-refractivity contribution in [2.45, 2.75) is 13.1 Å². The summed E-state index contributed by atoms with van der Waals surface area (Å²) in [6, 6.07) is 17.3. The van der Waals surface area contributed by atoms with E-state index in [1.807, 2.05) is 43.3 Å². The van der Waals surface area contributed by atoms with Gasteiger partial charge in [-0.25, -0.2) is 9.98 Å². The summed E-state index contributed by atoms with van der Waals surface area (Å²) in [6.07, 6.45) is -0.567. The molecule has 9 nitrogen and oxygen atoms in total. The molecule has 9 heteroatoms. The molecule has 2 aliphatic rings. The topological polar surface area (TPSA) is 84.2 Å². The second-order valence-electron chi connectivity index (χ2n) is 8.29. The number of piperazine rings is 1.